The molecule has 2 atom stereocenters. The minimum absolute atomic E-state index is 0.0352. The molecule has 0 aliphatic carbocycles. The van der Waals surface area contributed by atoms with Crippen LogP contribution in [-0.4, -0.2) is 17.8 Å². The summed E-state index contributed by atoms with van der Waals surface area (Å²) in [6.45, 7) is 8.60. The van der Waals surface area contributed by atoms with Gasteiger partial charge in [0.15, 0.2) is 0 Å². The maximum atomic E-state index is 11.3. The fourth-order valence-electron chi connectivity index (χ4n) is 0.793. The molecule has 0 saturated carbocycles. The summed E-state index contributed by atoms with van der Waals surface area (Å²) in [6.07, 6.45) is 0.875. The molecule has 0 aliphatic rings. The van der Waals surface area contributed by atoms with Crippen molar-refractivity contribution in [3.8, 4) is 0 Å². The fraction of sp³-hybridized carbons (Fsp3) is 0.900. The monoisotopic (exact) mass is 205 g/mol. The third-order valence-electron chi connectivity index (χ3n) is 2.25. The lowest BCUT2D eigenvalue weighted by Gasteiger charge is -2.15. The van der Waals surface area contributed by atoms with Crippen molar-refractivity contribution in [2.24, 2.45) is 11.8 Å². The Bertz CT molecular complexity index is 159. The van der Waals surface area contributed by atoms with E-state index in [1.54, 1.807) is 0 Å². The second-order valence-electron chi connectivity index (χ2n) is 3.81. The van der Waals surface area contributed by atoms with Crippen molar-refractivity contribution in [3.05, 3.63) is 0 Å². The molecule has 0 aromatic carbocycles. The van der Waals surface area contributed by atoms with Crippen molar-refractivity contribution in [1.82, 2.24) is 5.32 Å². The Morgan fingerprint density at radius 2 is 1.92 bits per heavy atom. The lowest BCUT2D eigenvalue weighted by Crippen LogP contribution is -2.35. The Balaban J connectivity index is 3.70. The zero-order valence-electron chi connectivity index (χ0n) is 8.93. The predicted molar refractivity (Wildman–Crippen MR) is 56.9 cm³/mol. The number of hydrogen-bond acceptors (Lipinski definition) is 1. The van der Waals surface area contributed by atoms with Gasteiger partial charge in [0.25, 0.3) is 0 Å². The molecular formula is C10H20ClNO. The number of carbonyl (C=O) groups excluding carboxylic acids is 1. The molecular weight excluding hydrogens is 186 g/mol. The first-order valence-electron chi connectivity index (χ1n) is 4.90. The quantitative estimate of drug-likeness (QED) is 0.687. The van der Waals surface area contributed by atoms with Crippen LogP contribution in [-0.2, 0) is 4.79 Å². The van der Waals surface area contributed by atoms with Crippen molar-refractivity contribution in [3.63, 3.8) is 0 Å². The molecule has 1 N–H and O–H groups in total. The summed E-state index contributed by atoms with van der Waals surface area (Å²) in [6, 6.07) is 0. The zero-order valence-corrected chi connectivity index (χ0v) is 9.69. The SMILES string of the molecule is CCC(C)C(=O)NCC(Cl)C(C)C. The molecule has 1 amide bonds. The average molecular weight is 206 g/mol. The summed E-state index contributed by atoms with van der Waals surface area (Å²) in [7, 11) is 0. The van der Waals surface area contributed by atoms with E-state index >= 15 is 0 Å². The van der Waals surface area contributed by atoms with Crippen molar-refractivity contribution in [2.45, 2.75) is 39.5 Å². The van der Waals surface area contributed by atoms with E-state index in [2.05, 4.69) is 5.32 Å². The van der Waals surface area contributed by atoms with Crippen molar-refractivity contribution in [2.75, 3.05) is 6.54 Å². The normalized spacial score (nSPS) is 15.5. The van der Waals surface area contributed by atoms with E-state index in [-0.39, 0.29) is 17.2 Å². The third kappa shape index (κ3) is 5.14. The minimum Gasteiger partial charge on any atom is -0.354 e. The Morgan fingerprint density at radius 1 is 1.38 bits per heavy atom. The Morgan fingerprint density at radius 3 is 2.31 bits per heavy atom. The number of rotatable bonds is 5. The molecule has 3 heteroatoms. The number of carbonyl (C=O) groups is 1. The van der Waals surface area contributed by atoms with Gasteiger partial charge in [-0.15, -0.1) is 11.6 Å². The zero-order chi connectivity index (χ0) is 10.4. The summed E-state index contributed by atoms with van der Waals surface area (Å²) < 4.78 is 0. The number of hydrogen-bond donors (Lipinski definition) is 1. The largest absolute Gasteiger partial charge is 0.354 e. The van der Waals surface area contributed by atoms with Gasteiger partial charge in [0.05, 0.1) is 5.38 Å². The molecule has 2 unspecified atom stereocenters. The molecule has 0 spiro atoms. The third-order valence-corrected chi connectivity index (χ3v) is 2.91. The van der Waals surface area contributed by atoms with Crippen LogP contribution < -0.4 is 5.32 Å². The van der Waals surface area contributed by atoms with Gasteiger partial charge in [-0.1, -0.05) is 27.7 Å². The van der Waals surface area contributed by atoms with Gasteiger partial charge in [0, 0.05) is 12.5 Å². The van der Waals surface area contributed by atoms with Gasteiger partial charge in [0.2, 0.25) is 5.91 Å². The van der Waals surface area contributed by atoms with E-state index in [9.17, 15) is 4.79 Å². The first-order chi connectivity index (χ1) is 5.99. The van der Waals surface area contributed by atoms with Crippen LogP contribution in [0.1, 0.15) is 34.1 Å². The molecule has 78 valence electrons. The average Bonchev–Trinajstić information content (AvgIpc) is 2.11. The number of amides is 1. The molecule has 13 heavy (non-hydrogen) atoms. The summed E-state index contributed by atoms with van der Waals surface area (Å²) in [5.74, 6) is 0.601. The number of halogens is 1. The predicted octanol–water partition coefficient (Wildman–Crippen LogP) is 2.41. The molecule has 0 saturated heterocycles. The van der Waals surface area contributed by atoms with Gasteiger partial charge in [0.1, 0.15) is 0 Å². The van der Waals surface area contributed by atoms with Gasteiger partial charge >= 0.3 is 0 Å². The molecule has 0 radical (unpaired) electrons. The van der Waals surface area contributed by atoms with Crippen molar-refractivity contribution >= 4 is 17.5 Å². The van der Waals surface area contributed by atoms with Crippen LogP contribution in [0.25, 0.3) is 0 Å². The van der Waals surface area contributed by atoms with Crippen LogP contribution in [0.3, 0.4) is 0 Å². The van der Waals surface area contributed by atoms with Gasteiger partial charge in [-0.05, 0) is 12.3 Å². The van der Waals surface area contributed by atoms with E-state index in [0.29, 0.717) is 12.5 Å². The standard InChI is InChI=1S/C10H20ClNO/c1-5-8(4)10(13)12-6-9(11)7(2)3/h7-9H,5-6H2,1-4H3,(H,12,13). The number of alkyl halides is 1. The first kappa shape index (κ1) is 12.8. The van der Waals surface area contributed by atoms with Crippen LogP contribution in [0, 0.1) is 11.8 Å². The maximum absolute atomic E-state index is 11.3. The molecule has 0 rings (SSSR count). The van der Waals surface area contributed by atoms with Gasteiger partial charge in [-0.2, -0.15) is 0 Å². The number of nitrogens with one attached hydrogen (secondary N) is 1. The van der Waals surface area contributed by atoms with E-state index in [1.165, 1.54) is 0 Å². The minimum atomic E-state index is 0.0352. The van der Waals surface area contributed by atoms with E-state index < -0.39 is 0 Å². The van der Waals surface area contributed by atoms with Crippen molar-refractivity contribution < 1.29 is 4.79 Å². The highest BCUT2D eigenvalue weighted by Crippen LogP contribution is 2.08. The lowest BCUT2D eigenvalue weighted by molar-refractivity contribution is -0.124. The summed E-state index contributed by atoms with van der Waals surface area (Å²) >= 11 is 5.99. The Kier molecular flexibility index (Phi) is 6.13. The van der Waals surface area contributed by atoms with Crippen LogP contribution in [0.5, 0.6) is 0 Å². The maximum Gasteiger partial charge on any atom is 0.222 e. The van der Waals surface area contributed by atoms with Crippen LogP contribution >= 0.6 is 11.6 Å². The highest BCUT2D eigenvalue weighted by molar-refractivity contribution is 6.21. The van der Waals surface area contributed by atoms with Crippen LogP contribution in [0.15, 0.2) is 0 Å². The summed E-state index contributed by atoms with van der Waals surface area (Å²) in [4.78, 5) is 11.3. The van der Waals surface area contributed by atoms with E-state index in [1.807, 2.05) is 27.7 Å². The first-order valence-corrected chi connectivity index (χ1v) is 5.34. The molecule has 0 aromatic rings. The van der Waals surface area contributed by atoms with E-state index in [0.717, 1.165) is 6.42 Å². The Labute approximate surface area is 86.0 Å². The van der Waals surface area contributed by atoms with Gasteiger partial charge in [-0.25, -0.2) is 0 Å². The highest BCUT2D eigenvalue weighted by Gasteiger charge is 2.13. The van der Waals surface area contributed by atoms with Gasteiger partial charge < -0.3 is 5.32 Å². The summed E-state index contributed by atoms with van der Waals surface area (Å²) in [5.41, 5.74) is 0. The molecule has 0 aromatic heterocycles. The summed E-state index contributed by atoms with van der Waals surface area (Å²) in [5, 5.41) is 2.88. The highest BCUT2D eigenvalue weighted by atomic mass is 35.5. The fourth-order valence-corrected chi connectivity index (χ4v) is 0.871. The Hall–Kier alpha value is -0.240. The van der Waals surface area contributed by atoms with Crippen LogP contribution in [0.4, 0.5) is 0 Å². The smallest absolute Gasteiger partial charge is 0.222 e. The molecule has 0 fully saturated rings. The van der Waals surface area contributed by atoms with Crippen molar-refractivity contribution in [1.29, 1.82) is 0 Å². The molecule has 2 nitrogen and oxygen atoms in total. The second-order valence-corrected chi connectivity index (χ2v) is 4.38. The molecule has 0 bridgehead atoms. The van der Waals surface area contributed by atoms with E-state index in [4.69, 9.17) is 11.6 Å². The topological polar surface area (TPSA) is 29.1 Å². The molecule has 0 aliphatic heterocycles. The lowest BCUT2D eigenvalue weighted by atomic mass is 10.1. The second kappa shape index (κ2) is 6.25. The van der Waals surface area contributed by atoms with Crippen LogP contribution in [0.2, 0.25) is 0 Å². The van der Waals surface area contributed by atoms with Gasteiger partial charge in [-0.3, -0.25) is 4.79 Å². The molecule has 0 heterocycles.